The molecule has 1 aliphatic rings. The van der Waals surface area contributed by atoms with E-state index in [1.165, 1.54) is 4.70 Å². The molecule has 20 heavy (non-hydrogen) atoms. The Balaban J connectivity index is 1.70. The Morgan fingerprint density at radius 2 is 2.00 bits per heavy atom. The lowest BCUT2D eigenvalue weighted by atomic mass is 10.2. The maximum absolute atomic E-state index is 11.2. The zero-order valence-electron chi connectivity index (χ0n) is 11.5. The molecular weight excluding hydrogens is 272 g/mol. The quantitative estimate of drug-likeness (QED) is 0.925. The van der Waals surface area contributed by atoms with Gasteiger partial charge in [-0.25, -0.2) is 4.98 Å². The van der Waals surface area contributed by atoms with Gasteiger partial charge < -0.3 is 10.6 Å². The summed E-state index contributed by atoms with van der Waals surface area (Å²) in [7, 11) is 0. The molecule has 2 aromatic rings. The number of piperazine rings is 1. The van der Waals surface area contributed by atoms with Gasteiger partial charge in [0.15, 0.2) is 5.13 Å². The van der Waals surface area contributed by atoms with Gasteiger partial charge in [0.2, 0.25) is 5.91 Å². The Labute approximate surface area is 122 Å². The van der Waals surface area contributed by atoms with Crippen LogP contribution in [-0.4, -0.2) is 48.0 Å². The molecule has 1 saturated heterocycles. The molecule has 0 bridgehead atoms. The highest BCUT2D eigenvalue weighted by molar-refractivity contribution is 7.22. The van der Waals surface area contributed by atoms with Gasteiger partial charge in [-0.05, 0) is 19.1 Å². The normalized spacial score (nSPS) is 18.4. The maximum atomic E-state index is 11.2. The molecule has 3 rings (SSSR count). The molecule has 1 unspecified atom stereocenters. The van der Waals surface area contributed by atoms with E-state index in [1.54, 1.807) is 11.3 Å². The summed E-state index contributed by atoms with van der Waals surface area (Å²) in [5, 5.41) is 1.07. The Bertz CT molecular complexity index is 585. The second-order valence-corrected chi connectivity index (χ2v) is 6.07. The summed E-state index contributed by atoms with van der Waals surface area (Å²) in [6.07, 6.45) is 0. The highest BCUT2D eigenvalue weighted by Crippen LogP contribution is 2.29. The van der Waals surface area contributed by atoms with Crippen LogP contribution >= 0.6 is 11.3 Å². The number of thiazole rings is 1. The number of carbonyl (C=O) groups excluding carboxylic acids is 1. The van der Waals surface area contributed by atoms with Crippen LogP contribution in [0.3, 0.4) is 0 Å². The van der Waals surface area contributed by atoms with Gasteiger partial charge >= 0.3 is 0 Å². The summed E-state index contributed by atoms with van der Waals surface area (Å²) < 4.78 is 1.22. The van der Waals surface area contributed by atoms with Crippen molar-refractivity contribution in [1.82, 2.24) is 9.88 Å². The first-order chi connectivity index (χ1) is 9.65. The first-order valence-electron chi connectivity index (χ1n) is 6.79. The number of nitrogens with two attached hydrogens (primary N) is 1. The fraction of sp³-hybridized carbons (Fsp3) is 0.429. The number of primary amides is 1. The molecule has 2 N–H and O–H groups in total. The lowest BCUT2D eigenvalue weighted by molar-refractivity contribution is -0.122. The van der Waals surface area contributed by atoms with Crippen molar-refractivity contribution in [2.24, 2.45) is 5.73 Å². The summed E-state index contributed by atoms with van der Waals surface area (Å²) in [5.41, 5.74) is 6.42. The minimum Gasteiger partial charge on any atom is -0.368 e. The van der Waals surface area contributed by atoms with E-state index in [-0.39, 0.29) is 11.9 Å². The lowest BCUT2D eigenvalue weighted by Crippen LogP contribution is -2.53. The van der Waals surface area contributed by atoms with Gasteiger partial charge in [-0.1, -0.05) is 23.5 Å². The van der Waals surface area contributed by atoms with E-state index >= 15 is 0 Å². The molecule has 1 atom stereocenters. The molecule has 1 aromatic carbocycles. The molecule has 0 aliphatic carbocycles. The summed E-state index contributed by atoms with van der Waals surface area (Å²) in [5.74, 6) is -0.251. The number of anilines is 1. The Morgan fingerprint density at radius 3 is 2.65 bits per heavy atom. The third kappa shape index (κ3) is 2.48. The molecule has 1 aromatic heterocycles. The Hall–Kier alpha value is -1.66. The fourth-order valence-electron chi connectivity index (χ4n) is 2.48. The predicted molar refractivity (Wildman–Crippen MR) is 82.1 cm³/mol. The van der Waals surface area contributed by atoms with Gasteiger partial charge in [-0.15, -0.1) is 0 Å². The summed E-state index contributed by atoms with van der Waals surface area (Å²) in [6.45, 7) is 5.34. The molecule has 5 nitrogen and oxygen atoms in total. The molecular formula is C14H18N4OS. The van der Waals surface area contributed by atoms with Crippen LogP contribution in [0.2, 0.25) is 0 Å². The molecule has 106 valence electrons. The molecule has 6 heteroatoms. The van der Waals surface area contributed by atoms with Crippen LogP contribution in [0.15, 0.2) is 24.3 Å². The summed E-state index contributed by atoms with van der Waals surface area (Å²) in [6, 6.07) is 8.00. The first kappa shape index (κ1) is 13.3. The first-order valence-corrected chi connectivity index (χ1v) is 7.60. The van der Waals surface area contributed by atoms with Crippen LogP contribution < -0.4 is 10.6 Å². The molecule has 1 fully saturated rings. The highest BCUT2D eigenvalue weighted by atomic mass is 32.1. The zero-order chi connectivity index (χ0) is 14.1. The van der Waals surface area contributed by atoms with Crippen LogP contribution in [0, 0.1) is 0 Å². The SMILES string of the molecule is CC(C(N)=O)N1CCN(c2nc3ccccc3s2)CC1. The number of rotatable bonds is 3. The highest BCUT2D eigenvalue weighted by Gasteiger charge is 2.25. The van der Waals surface area contributed by atoms with Crippen molar-refractivity contribution in [3.63, 3.8) is 0 Å². The number of para-hydroxylation sites is 1. The molecule has 0 radical (unpaired) electrons. The summed E-state index contributed by atoms with van der Waals surface area (Å²) in [4.78, 5) is 20.3. The number of hydrogen-bond donors (Lipinski definition) is 1. The van der Waals surface area contributed by atoms with Gasteiger partial charge in [0.25, 0.3) is 0 Å². The molecule has 0 spiro atoms. The van der Waals surface area contributed by atoms with Crippen molar-refractivity contribution in [2.45, 2.75) is 13.0 Å². The fourth-order valence-corrected chi connectivity index (χ4v) is 3.49. The Morgan fingerprint density at radius 1 is 1.30 bits per heavy atom. The van der Waals surface area contributed by atoms with Crippen molar-refractivity contribution < 1.29 is 4.79 Å². The third-order valence-corrected chi connectivity index (χ3v) is 4.92. The van der Waals surface area contributed by atoms with Crippen molar-refractivity contribution >= 4 is 32.6 Å². The molecule has 1 aliphatic heterocycles. The smallest absolute Gasteiger partial charge is 0.234 e. The average Bonchev–Trinajstić information content (AvgIpc) is 2.90. The summed E-state index contributed by atoms with van der Waals surface area (Å²) >= 11 is 1.72. The minimum absolute atomic E-state index is 0.187. The maximum Gasteiger partial charge on any atom is 0.234 e. The van der Waals surface area contributed by atoms with E-state index < -0.39 is 0 Å². The van der Waals surface area contributed by atoms with Crippen LogP contribution in [0.25, 0.3) is 10.2 Å². The minimum atomic E-state index is -0.251. The number of amides is 1. The number of benzene rings is 1. The Kier molecular flexibility index (Phi) is 3.58. The van der Waals surface area contributed by atoms with E-state index in [1.807, 2.05) is 25.1 Å². The number of aromatic nitrogens is 1. The molecule has 2 heterocycles. The van der Waals surface area contributed by atoms with E-state index in [0.717, 1.165) is 36.8 Å². The van der Waals surface area contributed by atoms with Gasteiger partial charge in [0, 0.05) is 26.2 Å². The van der Waals surface area contributed by atoms with E-state index in [9.17, 15) is 4.79 Å². The van der Waals surface area contributed by atoms with Crippen molar-refractivity contribution in [1.29, 1.82) is 0 Å². The van der Waals surface area contributed by atoms with Crippen molar-refractivity contribution in [2.75, 3.05) is 31.1 Å². The monoisotopic (exact) mass is 290 g/mol. The van der Waals surface area contributed by atoms with Crippen LogP contribution in [-0.2, 0) is 4.79 Å². The van der Waals surface area contributed by atoms with E-state index in [2.05, 4.69) is 20.9 Å². The van der Waals surface area contributed by atoms with Gasteiger partial charge in [0.1, 0.15) is 0 Å². The third-order valence-electron chi connectivity index (χ3n) is 3.83. The van der Waals surface area contributed by atoms with E-state index in [0.29, 0.717) is 0 Å². The van der Waals surface area contributed by atoms with Crippen molar-refractivity contribution in [3.05, 3.63) is 24.3 Å². The predicted octanol–water partition coefficient (Wildman–Crippen LogP) is 1.29. The number of hydrogen-bond acceptors (Lipinski definition) is 5. The second-order valence-electron chi connectivity index (χ2n) is 5.07. The topological polar surface area (TPSA) is 62.5 Å². The lowest BCUT2D eigenvalue weighted by Gasteiger charge is -2.36. The van der Waals surface area contributed by atoms with Crippen LogP contribution in [0.5, 0.6) is 0 Å². The van der Waals surface area contributed by atoms with Gasteiger partial charge in [-0.2, -0.15) is 0 Å². The standard InChI is InChI=1S/C14H18N4OS/c1-10(13(15)19)17-6-8-18(9-7-17)14-16-11-4-2-3-5-12(11)20-14/h2-5,10H,6-9H2,1H3,(H2,15,19). The van der Waals surface area contributed by atoms with Crippen LogP contribution in [0.4, 0.5) is 5.13 Å². The second kappa shape index (κ2) is 5.38. The number of fused-ring (bicyclic) bond motifs is 1. The van der Waals surface area contributed by atoms with Gasteiger partial charge in [0.05, 0.1) is 16.3 Å². The largest absolute Gasteiger partial charge is 0.368 e. The van der Waals surface area contributed by atoms with Gasteiger partial charge in [-0.3, -0.25) is 9.69 Å². The number of carbonyl (C=O) groups is 1. The van der Waals surface area contributed by atoms with E-state index in [4.69, 9.17) is 5.73 Å². The van der Waals surface area contributed by atoms with Crippen LogP contribution in [0.1, 0.15) is 6.92 Å². The zero-order valence-corrected chi connectivity index (χ0v) is 12.3. The average molecular weight is 290 g/mol. The molecule has 1 amide bonds. The number of nitrogens with zero attached hydrogens (tertiary/aromatic N) is 3. The van der Waals surface area contributed by atoms with Crippen molar-refractivity contribution in [3.8, 4) is 0 Å². The molecule has 0 saturated carbocycles.